The molecule has 0 bridgehead atoms. The van der Waals surface area contributed by atoms with Gasteiger partial charge < -0.3 is 10.4 Å². The Morgan fingerprint density at radius 2 is 2.31 bits per heavy atom. The van der Waals surface area contributed by atoms with Gasteiger partial charge in [0, 0.05) is 23.4 Å². The van der Waals surface area contributed by atoms with E-state index in [1.807, 2.05) is 0 Å². The summed E-state index contributed by atoms with van der Waals surface area (Å²) in [5, 5.41) is 16.3. The molecule has 0 aromatic carbocycles. The smallest absolute Gasteiger partial charge is 0.304 e. The van der Waals surface area contributed by atoms with Crippen LogP contribution in [0.25, 0.3) is 0 Å². The van der Waals surface area contributed by atoms with Crippen molar-refractivity contribution in [2.45, 2.75) is 6.42 Å². The molecule has 0 spiro atoms. The third-order valence-electron chi connectivity index (χ3n) is 1.58. The molecule has 0 radical (unpaired) electrons. The molecule has 0 fully saturated rings. The number of carboxylic acids is 1. The van der Waals surface area contributed by atoms with Crippen molar-refractivity contribution in [2.75, 3.05) is 18.1 Å². The second-order valence-electron chi connectivity index (χ2n) is 2.80. The minimum absolute atomic E-state index is 0.147. The quantitative estimate of drug-likeness (QED) is 0.693. The van der Waals surface area contributed by atoms with Crippen LogP contribution in [0.1, 0.15) is 16.9 Å². The number of aromatic nitrogens is 2. The molecule has 8 heteroatoms. The van der Waals surface area contributed by atoms with E-state index < -0.39 is 5.97 Å². The van der Waals surface area contributed by atoms with Gasteiger partial charge in [-0.3, -0.25) is 9.59 Å². The summed E-state index contributed by atoms with van der Waals surface area (Å²) in [6, 6.07) is 0. The molecule has 0 unspecified atom stereocenters. The Morgan fingerprint density at radius 1 is 1.50 bits per heavy atom. The van der Waals surface area contributed by atoms with Crippen molar-refractivity contribution in [1.29, 1.82) is 0 Å². The van der Waals surface area contributed by atoms with E-state index >= 15 is 0 Å². The average molecular weight is 261 g/mol. The molecular weight excluding hydrogens is 250 g/mol. The van der Waals surface area contributed by atoms with Crippen LogP contribution in [0.2, 0.25) is 0 Å². The fourth-order valence-electron chi connectivity index (χ4n) is 0.852. The van der Waals surface area contributed by atoms with Crippen LogP contribution in [-0.2, 0) is 4.79 Å². The molecule has 1 aromatic rings. The van der Waals surface area contributed by atoms with Crippen molar-refractivity contribution in [2.24, 2.45) is 0 Å². The summed E-state index contributed by atoms with van der Waals surface area (Å²) in [4.78, 5) is 21.5. The lowest BCUT2D eigenvalue weighted by atomic mass is 10.4. The highest BCUT2D eigenvalue weighted by Crippen LogP contribution is 2.01. The highest BCUT2D eigenvalue weighted by Gasteiger charge is 2.07. The summed E-state index contributed by atoms with van der Waals surface area (Å²) in [5.41, 5.74) is 0.320. The summed E-state index contributed by atoms with van der Waals surface area (Å²) in [6.07, 6.45) is 0.147. The van der Waals surface area contributed by atoms with Gasteiger partial charge in [0.15, 0.2) is 5.69 Å². The highest BCUT2D eigenvalue weighted by molar-refractivity contribution is 7.99. The Labute approximate surface area is 101 Å². The molecule has 6 nitrogen and oxygen atoms in total. The Morgan fingerprint density at radius 3 is 2.94 bits per heavy atom. The van der Waals surface area contributed by atoms with Crippen molar-refractivity contribution in [3.05, 3.63) is 11.1 Å². The number of nitrogens with zero attached hydrogens (tertiary/aromatic N) is 2. The second-order valence-corrected chi connectivity index (χ2v) is 4.64. The zero-order valence-electron chi connectivity index (χ0n) is 8.38. The third kappa shape index (κ3) is 5.08. The first kappa shape index (κ1) is 12.9. The molecule has 1 amide bonds. The van der Waals surface area contributed by atoms with Gasteiger partial charge >= 0.3 is 5.97 Å². The Balaban J connectivity index is 2.03. The molecule has 1 heterocycles. The van der Waals surface area contributed by atoms with Gasteiger partial charge in [-0.25, -0.2) is 0 Å². The van der Waals surface area contributed by atoms with Gasteiger partial charge in [0.05, 0.1) is 6.42 Å². The molecule has 0 aliphatic rings. The predicted octanol–water partition coefficient (Wildman–Crippen LogP) is 0.476. The number of carbonyl (C=O) groups excluding carboxylic acids is 1. The number of hydrogen-bond donors (Lipinski definition) is 2. The van der Waals surface area contributed by atoms with Crippen molar-refractivity contribution in [3.8, 4) is 0 Å². The number of carboxylic acid groups (broad SMARTS) is 1. The molecule has 0 saturated carbocycles. The molecule has 0 aliphatic heterocycles. The first-order chi connectivity index (χ1) is 7.70. The number of nitrogens with one attached hydrogen (secondary N) is 1. The molecule has 16 heavy (non-hydrogen) atoms. The fourth-order valence-corrected chi connectivity index (χ4v) is 2.06. The second kappa shape index (κ2) is 7.18. The maximum atomic E-state index is 11.3. The molecule has 0 aliphatic carbocycles. The van der Waals surface area contributed by atoms with Gasteiger partial charge in [0.25, 0.3) is 5.91 Å². The van der Waals surface area contributed by atoms with Crippen LogP contribution in [0.3, 0.4) is 0 Å². The molecule has 0 atom stereocenters. The Bertz CT molecular complexity index is 342. The van der Waals surface area contributed by atoms with Crippen molar-refractivity contribution >= 4 is 35.2 Å². The maximum absolute atomic E-state index is 11.3. The lowest BCUT2D eigenvalue weighted by molar-refractivity contribution is -0.136. The largest absolute Gasteiger partial charge is 0.481 e. The number of thioether (sulfide) groups is 1. The molecule has 2 N–H and O–H groups in total. The van der Waals surface area contributed by atoms with E-state index in [4.69, 9.17) is 5.11 Å². The van der Waals surface area contributed by atoms with Crippen LogP contribution in [0.5, 0.6) is 0 Å². The van der Waals surface area contributed by atoms with E-state index in [0.29, 0.717) is 23.7 Å². The molecule has 88 valence electrons. The first-order valence-corrected chi connectivity index (χ1v) is 6.54. The van der Waals surface area contributed by atoms with E-state index in [1.165, 1.54) is 11.8 Å². The lowest BCUT2D eigenvalue weighted by Crippen LogP contribution is -2.26. The van der Waals surface area contributed by atoms with E-state index in [9.17, 15) is 9.59 Å². The minimum Gasteiger partial charge on any atom is -0.481 e. The topological polar surface area (TPSA) is 92.2 Å². The van der Waals surface area contributed by atoms with Gasteiger partial charge in [0.2, 0.25) is 0 Å². The van der Waals surface area contributed by atoms with Crippen LogP contribution in [0, 0.1) is 0 Å². The van der Waals surface area contributed by atoms with Crippen molar-refractivity contribution in [1.82, 2.24) is 14.9 Å². The number of hydrogen-bond acceptors (Lipinski definition) is 6. The highest BCUT2D eigenvalue weighted by atomic mass is 32.2. The van der Waals surface area contributed by atoms with Crippen molar-refractivity contribution in [3.63, 3.8) is 0 Å². The summed E-state index contributed by atoms with van der Waals surface area (Å²) in [5.74, 6) is 0.206. The average Bonchev–Trinajstić information content (AvgIpc) is 2.75. The van der Waals surface area contributed by atoms with E-state index in [1.54, 1.807) is 5.38 Å². The standard InChI is InChI=1S/C8H11N3O3S2/c12-7(13)1-3-15-4-2-9-8(14)6-5-16-11-10-6/h5H,1-4H2,(H,9,14)(H,12,13). The van der Waals surface area contributed by atoms with Crippen LogP contribution >= 0.6 is 23.3 Å². The summed E-state index contributed by atoms with van der Waals surface area (Å²) in [7, 11) is 0. The zero-order valence-corrected chi connectivity index (χ0v) is 10.0. The first-order valence-electron chi connectivity index (χ1n) is 4.55. The summed E-state index contributed by atoms with van der Waals surface area (Å²) >= 11 is 2.62. The van der Waals surface area contributed by atoms with E-state index in [0.717, 1.165) is 11.5 Å². The van der Waals surface area contributed by atoms with Crippen LogP contribution < -0.4 is 5.32 Å². The number of aliphatic carboxylic acids is 1. The Kier molecular flexibility index (Phi) is 5.79. The molecule has 0 saturated heterocycles. The third-order valence-corrected chi connectivity index (χ3v) is 3.08. The molecule has 1 aromatic heterocycles. The molecule has 1 rings (SSSR count). The molecular formula is C8H11N3O3S2. The van der Waals surface area contributed by atoms with E-state index in [2.05, 4.69) is 14.9 Å². The summed E-state index contributed by atoms with van der Waals surface area (Å²) in [6.45, 7) is 0.501. The number of rotatable bonds is 7. The monoisotopic (exact) mass is 261 g/mol. The van der Waals surface area contributed by atoms with Crippen LogP contribution in [0.4, 0.5) is 0 Å². The van der Waals surface area contributed by atoms with E-state index in [-0.39, 0.29) is 12.3 Å². The van der Waals surface area contributed by atoms with Gasteiger partial charge in [-0.15, -0.1) is 5.10 Å². The number of carbonyl (C=O) groups is 2. The maximum Gasteiger partial charge on any atom is 0.304 e. The van der Waals surface area contributed by atoms with Gasteiger partial charge in [-0.05, 0) is 11.5 Å². The van der Waals surface area contributed by atoms with Gasteiger partial charge in [0.1, 0.15) is 0 Å². The lowest BCUT2D eigenvalue weighted by Gasteiger charge is -2.01. The number of amides is 1. The van der Waals surface area contributed by atoms with Gasteiger partial charge in [-0.2, -0.15) is 11.8 Å². The van der Waals surface area contributed by atoms with Crippen LogP contribution in [0.15, 0.2) is 5.38 Å². The zero-order chi connectivity index (χ0) is 11.8. The fraction of sp³-hybridized carbons (Fsp3) is 0.500. The summed E-state index contributed by atoms with van der Waals surface area (Å²) < 4.78 is 3.58. The van der Waals surface area contributed by atoms with Crippen LogP contribution in [-0.4, -0.2) is 44.6 Å². The minimum atomic E-state index is -0.801. The Hall–Kier alpha value is -1.15. The SMILES string of the molecule is O=C(O)CCSCCNC(=O)c1csnn1. The normalized spacial score (nSPS) is 10.0. The van der Waals surface area contributed by atoms with Gasteiger partial charge in [-0.1, -0.05) is 4.49 Å². The predicted molar refractivity (Wildman–Crippen MR) is 61.8 cm³/mol. The van der Waals surface area contributed by atoms with Crippen molar-refractivity contribution < 1.29 is 14.7 Å².